The Morgan fingerprint density at radius 2 is 1.86 bits per heavy atom. The molecule has 3 aliphatic rings. The first kappa shape index (κ1) is 15.7. The molecule has 1 aliphatic heterocycles. The standard InChI is InChI=1S/C15H29N3O2S/c1-2-16-11-12-5-7-18(8-6-12)21(19,20)17-15-10-13-3-4-14(15)9-13/h12-17H,2-11H2,1H3. The lowest BCUT2D eigenvalue weighted by atomic mass is 9.96. The summed E-state index contributed by atoms with van der Waals surface area (Å²) in [5, 5.41) is 3.36. The van der Waals surface area contributed by atoms with Gasteiger partial charge in [-0.3, -0.25) is 0 Å². The van der Waals surface area contributed by atoms with E-state index in [0.717, 1.165) is 38.3 Å². The minimum Gasteiger partial charge on any atom is -0.317 e. The van der Waals surface area contributed by atoms with Crippen LogP contribution in [0.2, 0.25) is 0 Å². The van der Waals surface area contributed by atoms with Crippen LogP contribution >= 0.6 is 0 Å². The van der Waals surface area contributed by atoms with Crippen LogP contribution in [0.3, 0.4) is 0 Å². The molecule has 0 aromatic rings. The molecule has 2 bridgehead atoms. The van der Waals surface area contributed by atoms with E-state index in [-0.39, 0.29) is 6.04 Å². The summed E-state index contributed by atoms with van der Waals surface area (Å²) in [4.78, 5) is 0. The molecule has 3 atom stereocenters. The molecule has 2 aliphatic carbocycles. The molecule has 0 spiro atoms. The number of nitrogens with one attached hydrogen (secondary N) is 2. The lowest BCUT2D eigenvalue weighted by Gasteiger charge is -2.33. The van der Waals surface area contributed by atoms with Gasteiger partial charge in [0, 0.05) is 19.1 Å². The van der Waals surface area contributed by atoms with Gasteiger partial charge in [-0.1, -0.05) is 13.3 Å². The first-order chi connectivity index (χ1) is 10.1. The fourth-order valence-corrected chi connectivity index (χ4v) is 5.87. The molecule has 0 aromatic heterocycles. The van der Waals surface area contributed by atoms with E-state index in [1.807, 2.05) is 0 Å². The van der Waals surface area contributed by atoms with E-state index in [0.29, 0.717) is 24.9 Å². The van der Waals surface area contributed by atoms with Gasteiger partial charge in [0.1, 0.15) is 0 Å². The molecular weight excluding hydrogens is 286 g/mol. The average Bonchev–Trinajstić information content (AvgIpc) is 3.07. The molecule has 21 heavy (non-hydrogen) atoms. The Bertz CT molecular complexity index is 446. The molecule has 5 nitrogen and oxygen atoms in total. The van der Waals surface area contributed by atoms with Gasteiger partial charge in [-0.25, -0.2) is 0 Å². The van der Waals surface area contributed by atoms with Gasteiger partial charge in [0.25, 0.3) is 10.2 Å². The summed E-state index contributed by atoms with van der Waals surface area (Å²) in [6.45, 7) is 5.46. The molecule has 122 valence electrons. The van der Waals surface area contributed by atoms with Crippen molar-refractivity contribution in [3.05, 3.63) is 0 Å². The van der Waals surface area contributed by atoms with Crippen molar-refractivity contribution in [2.45, 2.75) is 51.5 Å². The summed E-state index contributed by atoms with van der Waals surface area (Å²) in [5.41, 5.74) is 0. The summed E-state index contributed by atoms with van der Waals surface area (Å²) in [6.07, 6.45) is 6.76. The number of piperidine rings is 1. The molecule has 3 unspecified atom stereocenters. The van der Waals surface area contributed by atoms with E-state index in [9.17, 15) is 8.42 Å². The van der Waals surface area contributed by atoms with E-state index < -0.39 is 10.2 Å². The second kappa shape index (κ2) is 6.52. The van der Waals surface area contributed by atoms with Crippen molar-refractivity contribution < 1.29 is 8.42 Å². The van der Waals surface area contributed by atoms with Crippen LogP contribution in [-0.4, -0.2) is 44.9 Å². The van der Waals surface area contributed by atoms with Crippen molar-refractivity contribution in [3.8, 4) is 0 Å². The SMILES string of the molecule is CCNCC1CCN(S(=O)(=O)NC2CC3CCC2C3)CC1. The Kier molecular flexibility index (Phi) is 4.88. The van der Waals surface area contributed by atoms with Gasteiger partial charge >= 0.3 is 0 Å². The van der Waals surface area contributed by atoms with Crippen molar-refractivity contribution in [3.63, 3.8) is 0 Å². The molecule has 1 heterocycles. The molecular formula is C15H29N3O2S. The van der Waals surface area contributed by atoms with E-state index in [2.05, 4.69) is 17.0 Å². The quantitative estimate of drug-likeness (QED) is 0.777. The van der Waals surface area contributed by atoms with Gasteiger partial charge in [0.15, 0.2) is 0 Å². The molecule has 3 rings (SSSR count). The van der Waals surface area contributed by atoms with Crippen LogP contribution in [0.25, 0.3) is 0 Å². The first-order valence-electron chi connectivity index (χ1n) is 8.56. The number of hydrogen-bond acceptors (Lipinski definition) is 3. The zero-order valence-electron chi connectivity index (χ0n) is 13.1. The highest BCUT2D eigenvalue weighted by Gasteiger charge is 2.42. The molecule has 0 aromatic carbocycles. The second-order valence-corrected chi connectivity index (χ2v) is 8.76. The van der Waals surface area contributed by atoms with Crippen molar-refractivity contribution in [1.29, 1.82) is 0 Å². The molecule has 1 saturated heterocycles. The third-order valence-electron chi connectivity index (χ3n) is 5.63. The zero-order chi connectivity index (χ0) is 14.9. The topological polar surface area (TPSA) is 61.4 Å². The van der Waals surface area contributed by atoms with Gasteiger partial charge in [-0.15, -0.1) is 0 Å². The zero-order valence-corrected chi connectivity index (χ0v) is 13.9. The Hall–Kier alpha value is -0.170. The lowest BCUT2D eigenvalue weighted by Crippen LogP contribution is -2.50. The van der Waals surface area contributed by atoms with Gasteiger partial charge in [0.2, 0.25) is 0 Å². The molecule has 2 saturated carbocycles. The first-order valence-corrected chi connectivity index (χ1v) is 10.0. The van der Waals surface area contributed by atoms with E-state index in [1.54, 1.807) is 4.31 Å². The monoisotopic (exact) mass is 315 g/mol. The summed E-state index contributed by atoms with van der Waals surface area (Å²) in [5.74, 6) is 1.99. The number of fused-ring (bicyclic) bond motifs is 2. The maximum atomic E-state index is 12.5. The molecule has 0 radical (unpaired) electrons. The lowest BCUT2D eigenvalue weighted by molar-refractivity contribution is 0.262. The van der Waals surface area contributed by atoms with Crippen LogP contribution in [-0.2, 0) is 10.2 Å². The smallest absolute Gasteiger partial charge is 0.279 e. The summed E-state index contributed by atoms with van der Waals surface area (Å²) >= 11 is 0. The average molecular weight is 315 g/mol. The minimum atomic E-state index is -3.27. The van der Waals surface area contributed by atoms with E-state index >= 15 is 0 Å². The van der Waals surface area contributed by atoms with Crippen LogP contribution in [0.15, 0.2) is 0 Å². The molecule has 2 N–H and O–H groups in total. The molecule has 3 fully saturated rings. The highest BCUT2D eigenvalue weighted by atomic mass is 32.2. The van der Waals surface area contributed by atoms with Gasteiger partial charge in [0.05, 0.1) is 0 Å². The minimum absolute atomic E-state index is 0.202. The highest BCUT2D eigenvalue weighted by molar-refractivity contribution is 7.87. The fraction of sp³-hybridized carbons (Fsp3) is 1.00. The fourth-order valence-electron chi connectivity index (χ4n) is 4.36. The number of rotatable bonds is 6. The molecule has 0 amide bonds. The van der Waals surface area contributed by atoms with Crippen LogP contribution in [0.1, 0.15) is 45.4 Å². The van der Waals surface area contributed by atoms with Crippen molar-refractivity contribution in [2.75, 3.05) is 26.2 Å². The normalized spacial score (nSPS) is 34.6. The predicted molar refractivity (Wildman–Crippen MR) is 84.1 cm³/mol. The van der Waals surface area contributed by atoms with Crippen molar-refractivity contribution in [2.24, 2.45) is 17.8 Å². The highest BCUT2D eigenvalue weighted by Crippen LogP contribution is 2.44. The summed E-state index contributed by atoms with van der Waals surface area (Å²) in [7, 11) is -3.27. The van der Waals surface area contributed by atoms with Crippen molar-refractivity contribution >= 4 is 10.2 Å². The largest absolute Gasteiger partial charge is 0.317 e. The van der Waals surface area contributed by atoms with Crippen LogP contribution < -0.4 is 10.0 Å². The Morgan fingerprint density at radius 1 is 1.10 bits per heavy atom. The Morgan fingerprint density at radius 3 is 2.43 bits per heavy atom. The molecule has 6 heteroatoms. The van der Waals surface area contributed by atoms with Crippen LogP contribution in [0, 0.1) is 17.8 Å². The van der Waals surface area contributed by atoms with Gasteiger partial charge in [-0.05, 0) is 62.9 Å². The van der Waals surface area contributed by atoms with E-state index in [4.69, 9.17) is 0 Å². The maximum absolute atomic E-state index is 12.5. The van der Waals surface area contributed by atoms with Gasteiger partial charge in [-0.2, -0.15) is 17.4 Å². The Labute approximate surface area is 129 Å². The summed E-state index contributed by atoms with van der Waals surface area (Å²) in [6, 6.07) is 0.202. The van der Waals surface area contributed by atoms with Crippen LogP contribution in [0.5, 0.6) is 0 Å². The third-order valence-corrected chi connectivity index (χ3v) is 7.28. The van der Waals surface area contributed by atoms with Gasteiger partial charge < -0.3 is 5.32 Å². The van der Waals surface area contributed by atoms with E-state index in [1.165, 1.54) is 19.3 Å². The van der Waals surface area contributed by atoms with Crippen molar-refractivity contribution in [1.82, 2.24) is 14.3 Å². The maximum Gasteiger partial charge on any atom is 0.279 e. The summed E-state index contributed by atoms with van der Waals surface area (Å²) < 4.78 is 29.7. The second-order valence-electron chi connectivity index (χ2n) is 7.05. The number of hydrogen-bond donors (Lipinski definition) is 2. The van der Waals surface area contributed by atoms with Crippen LogP contribution in [0.4, 0.5) is 0 Å². The number of nitrogens with zero attached hydrogens (tertiary/aromatic N) is 1. The predicted octanol–water partition coefficient (Wildman–Crippen LogP) is 1.33. The third kappa shape index (κ3) is 3.60. The Balaban J connectivity index is 1.49.